The number of hydrogen-bond donors (Lipinski definition) is 2. The van der Waals surface area contributed by atoms with E-state index in [1.165, 1.54) is 5.56 Å². The zero-order valence-electron chi connectivity index (χ0n) is 10.4. The van der Waals surface area contributed by atoms with Crippen LogP contribution in [0.25, 0.3) is 0 Å². The largest absolute Gasteiger partial charge is 0.352 e. The molecule has 0 bridgehead atoms. The Morgan fingerprint density at radius 3 is 3.00 bits per heavy atom. The van der Waals surface area contributed by atoms with Crippen molar-refractivity contribution in [3.63, 3.8) is 0 Å². The number of benzene rings is 1. The molecule has 1 saturated heterocycles. The first-order chi connectivity index (χ1) is 8.75. The van der Waals surface area contributed by atoms with Crippen LogP contribution in [0.3, 0.4) is 0 Å². The Morgan fingerprint density at radius 1 is 1.44 bits per heavy atom. The molecule has 1 heterocycles. The fourth-order valence-electron chi connectivity index (χ4n) is 2.22. The maximum Gasteiger partial charge on any atom is 0.220 e. The van der Waals surface area contributed by atoms with Crippen molar-refractivity contribution in [3.8, 4) is 0 Å². The molecule has 0 saturated carbocycles. The third-order valence-corrected chi connectivity index (χ3v) is 4.01. The molecule has 18 heavy (non-hydrogen) atoms. The Morgan fingerprint density at radius 2 is 2.28 bits per heavy atom. The molecule has 1 aromatic carbocycles. The SMILES string of the molecule is O=C(CCc1ccccc1Br)N[C@H]1CCCNC1. The lowest BCUT2D eigenvalue weighted by Crippen LogP contribution is -2.45. The predicted octanol–water partition coefficient (Wildman–Crippen LogP) is 2.25. The van der Waals surface area contributed by atoms with Crippen LogP contribution in [-0.4, -0.2) is 25.0 Å². The molecule has 0 radical (unpaired) electrons. The van der Waals surface area contributed by atoms with Crippen LogP contribution in [-0.2, 0) is 11.2 Å². The lowest BCUT2D eigenvalue weighted by Gasteiger charge is -2.23. The molecular weight excluding hydrogens is 292 g/mol. The fourth-order valence-corrected chi connectivity index (χ4v) is 2.71. The minimum absolute atomic E-state index is 0.152. The summed E-state index contributed by atoms with van der Waals surface area (Å²) in [6, 6.07) is 8.37. The zero-order chi connectivity index (χ0) is 12.8. The van der Waals surface area contributed by atoms with Gasteiger partial charge in [-0.1, -0.05) is 34.1 Å². The van der Waals surface area contributed by atoms with Gasteiger partial charge in [0, 0.05) is 23.5 Å². The number of carbonyl (C=O) groups excluding carboxylic acids is 1. The molecule has 98 valence electrons. The first-order valence-electron chi connectivity index (χ1n) is 6.49. The van der Waals surface area contributed by atoms with Crippen LogP contribution in [0.5, 0.6) is 0 Å². The van der Waals surface area contributed by atoms with Gasteiger partial charge in [-0.05, 0) is 37.4 Å². The van der Waals surface area contributed by atoms with Gasteiger partial charge < -0.3 is 10.6 Å². The van der Waals surface area contributed by atoms with Gasteiger partial charge in [-0.15, -0.1) is 0 Å². The highest BCUT2D eigenvalue weighted by Gasteiger charge is 2.15. The van der Waals surface area contributed by atoms with Crippen LogP contribution in [0.4, 0.5) is 0 Å². The molecule has 0 aliphatic carbocycles. The van der Waals surface area contributed by atoms with Gasteiger partial charge in [0.25, 0.3) is 0 Å². The summed E-state index contributed by atoms with van der Waals surface area (Å²) in [6.07, 6.45) is 3.58. The maximum atomic E-state index is 11.8. The number of rotatable bonds is 4. The first-order valence-corrected chi connectivity index (χ1v) is 7.28. The standard InChI is InChI=1S/C14H19BrN2O/c15-13-6-2-1-4-11(13)7-8-14(18)17-12-5-3-9-16-10-12/h1-2,4,6,12,16H,3,5,7-10H2,(H,17,18)/t12-/m0/s1. The van der Waals surface area contributed by atoms with Crippen molar-refractivity contribution in [2.24, 2.45) is 0 Å². The average Bonchev–Trinajstić information content (AvgIpc) is 2.39. The number of amides is 1. The Hall–Kier alpha value is -0.870. The van der Waals surface area contributed by atoms with E-state index in [1.54, 1.807) is 0 Å². The van der Waals surface area contributed by atoms with Gasteiger partial charge in [0.2, 0.25) is 5.91 Å². The second kappa shape index (κ2) is 6.90. The summed E-state index contributed by atoms with van der Waals surface area (Å²) in [7, 11) is 0. The molecule has 2 rings (SSSR count). The molecule has 1 aromatic rings. The summed E-state index contributed by atoms with van der Waals surface area (Å²) in [5.41, 5.74) is 1.19. The molecule has 0 unspecified atom stereocenters. The first kappa shape index (κ1) is 13.6. The second-order valence-electron chi connectivity index (χ2n) is 4.70. The minimum Gasteiger partial charge on any atom is -0.352 e. The lowest BCUT2D eigenvalue weighted by molar-refractivity contribution is -0.121. The van der Waals surface area contributed by atoms with Gasteiger partial charge in [-0.25, -0.2) is 0 Å². The third kappa shape index (κ3) is 4.10. The van der Waals surface area contributed by atoms with E-state index in [-0.39, 0.29) is 5.91 Å². The van der Waals surface area contributed by atoms with Crippen molar-refractivity contribution in [3.05, 3.63) is 34.3 Å². The van der Waals surface area contributed by atoms with E-state index in [0.717, 1.165) is 36.8 Å². The van der Waals surface area contributed by atoms with Crippen LogP contribution in [0.1, 0.15) is 24.8 Å². The molecular formula is C14H19BrN2O. The molecule has 0 spiro atoms. The van der Waals surface area contributed by atoms with Crippen molar-refractivity contribution in [2.45, 2.75) is 31.7 Å². The highest BCUT2D eigenvalue weighted by Crippen LogP contribution is 2.17. The second-order valence-corrected chi connectivity index (χ2v) is 5.56. The molecule has 1 atom stereocenters. The Bertz CT molecular complexity index is 403. The summed E-state index contributed by atoms with van der Waals surface area (Å²) >= 11 is 3.50. The number of halogens is 1. The van der Waals surface area contributed by atoms with Crippen molar-refractivity contribution < 1.29 is 4.79 Å². The molecule has 2 N–H and O–H groups in total. The van der Waals surface area contributed by atoms with Crippen LogP contribution in [0.15, 0.2) is 28.7 Å². The van der Waals surface area contributed by atoms with Gasteiger partial charge in [0.15, 0.2) is 0 Å². The van der Waals surface area contributed by atoms with Crippen LogP contribution in [0, 0.1) is 0 Å². The van der Waals surface area contributed by atoms with E-state index < -0.39 is 0 Å². The molecule has 1 fully saturated rings. The number of aryl methyl sites for hydroxylation is 1. The van der Waals surface area contributed by atoms with Crippen LogP contribution >= 0.6 is 15.9 Å². The van der Waals surface area contributed by atoms with Crippen molar-refractivity contribution in [2.75, 3.05) is 13.1 Å². The smallest absolute Gasteiger partial charge is 0.220 e. The Balaban J connectivity index is 1.76. The number of carbonyl (C=O) groups is 1. The molecule has 1 amide bonds. The minimum atomic E-state index is 0.152. The summed E-state index contributed by atoms with van der Waals surface area (Å²) in [5, 5.41) is 6.39. The molecule has 1 aliphatic rings. The van der Waals surface area contributed by atoms with Gasteiger partial charge in [-0.2, -0.15) is 0 Å². The van der Waals surface area contributed by atoms with Crippen molar-refractivity contribution in [1.29, 1.82) is 0 Å². The van der Waals surface area contributed by atoms with Gasteiger partial charge in [-0.3, -0.25) is 4.79 Å². The van der Waals surface area contributed by atoms with Gasteiger partial charge in [0.05, 0.1) is 0 Å². The fraction of sp³-hybridized carbons (Fsp3) is 0.500. The van der Waals surface area contributed by atoms with E-state index >= 15 is 0 Å². The highest BCUT2D eigenvalue weighted by atomic mass is 79.9. The van der Waals surface area contributed by atoms with Crippen molar-refractivity contribution in [1.82, 2.24) is 10.6 Å². The number of piperidine rings is 1. The van der Waals surface area contributed by atoms with Gasteiger partial charge in [0.1, 0.15) is 0 Å². The molecule has 4 heteroatoms. The van der Waals surface area contributed by atoms with Crippen molar-refractivity contribution >= 4 is 21.8 Å². The summed E-state index contributed by atoms with van der Waals surface area (Å²) in [4.78, 5) is 11.8. The average molecular weight is 311 g/mol. The number of hydrogen-bond acceptors (Lipinski definition) is 2. The molecule has 0 aromatic heterocycles. The number of nitrogens with one attached hydrogen (secondary N) is 2. The Labute approximate surface area is 116 Å². The van der Waals surface area contributed by atoms with E-state index in [2.05, 4.69) is 32.6 Å². The predicted molar refractivity (Wildman–Crippen MR) is 76.5 cm³/mol. The normalized spacial score (nSPS) is 19.5. The van der Waals surface area contributed by atoms with E-state index in [0.29, 0.717) is 12.5 Å². The van der Waals surface area contributed by atoms with E-state index in [9.17, 15) is 4.79 Å². The summed E-state index contributed by atoms with van der Waals surface area (Å²) in [5.74, 6) is 0.152. The van der Waals surface area contributed by atoms with Crippen LogP contribution in [0.2, 0.25) is 0 Å². The van der Waals surface area contributed by atoms with Crippen LogP contribution < -0.4 is 10.6 Å². The van der Waals surface area contributed by atoms with Gasteiger partial charge >= 0.3 is 0 Å². The van der Waals surface area contributed by atoms with E-state index in [1.807, 2.05) is 18.2 Å². The molecule has 3 nitrogen and oxygen atoms in total. The monoisotopic (exact) mass is 310 g/mol. The molecule has 1 aliphatic heterocycles. The third-order valence-electron chi connectivity index (χ3n) is 3.24. The quantitative estimate of drug-likeness (QED) is 0.895. The summed E-state index contributed by atoms with van der Waals surface area (Å²) in [6.45, 7) is 1.98. The highest BCUT2D eigenvalue weighted by molar-refractivity contribution is 9.10. The van der Waals surface area contributed by atoms with E-state index in [4.69, 9.17) is 0 Å². The topological polar surface area (TPSA) is 41.1 Å². The summed E-state index contributed by atoms with van der Waals surface area (Å²) < 4.78 is 1.08. The zero-order valence-corrected chi connectivity index (χ0v) is 12.0. The Kier molecular flexibility index (Phi) is 5.20. The maximum absolute atomic E-state index is 11.8. The lowest BCUT2D eigenvalue weighted by atomic mass is 10.1.